The Hall–Kier alpha value is -2.37. The Morgan fingerprint density at radius 1 is 1.40 bits per heavy atom. The lowest BCUT2D eigenvalue weighted by atomic mass is 10.4. The highest BCUT2D eigenvalue weighted by Gasteiger charge is 2.07. The summed E-state index contributed by atoms with van der Waals surface area (Å²) in [5, 5.41) is 3.82. The Balaban J connectivity index is 2.34. The number of nitrogens with zero attached hydrogens (tertiary/aromatic N) is 3. The highest BCUT2D eigenvalue weighted by atomic mass is 16.3. The molecule has 0 saturated carbocycles. The molecule has 0 aromatic carbocycles. The number of aromatic nitrogens is 4. The molecule has 15 heavy (non-hydrogen) atoms. The van der Waals surface area contributed by atoms with Crippen LogP contribution in [0.2, 0.25) is 0 Å². The summed E-state index contributed by atoms with van der Waals surface area (Å²) in [7, 11) is 0. The van der Waals surface area contributed by atoms with Gasteiger partial charge in [-0.1, -0.05) is 0 Å². The third kappa shape index (κ3) is 1.15. The average molecular weight is 202 g/mol. The van der Waals surface area contributed by atoms with Gasteiger partial charge < -0.3 is 4.42 Å². The van der Waals surface area contributed by atoms with Gasteiger partial charge in [-0.05, 0) is 12.1 Å². The largest absolute Gasteiger partial charge is 0.461 e. The molecule has 1 N–H and O–H groups in total. The van der Waals surface area contributed by atoms with Crippen LogP contribution in [0, 0.1) is 0 Å². The lowest BCUT2D eigenvalue weighted by Gasteiger charge is -1.96. The zero-order valence-electron chi connectivity index (χ0n) is 7.54. The fourth-order valence-corrected chi connectivity index (χ4v) is 1.36. The molecule has 3 aromatic rings. The number of hydrogen-bond donors (Lipinski definition) is 1. The number of furan rings is 1. The van der Waals surface area contributed by atoms with Crippen LogP contribution in [-0.2, 0) is 0 Å². The number of hydrogen-bond acceptors (Lipinski definition) is 4. The fourth-order valence-electron chi connectivity index (χ4n) is 1.36. The number of aromatic amines is 1. The molecule has 0 spiro atoms. The molecular weight excluding hydrogens is 196 g/mol. The van der Waals surface area contributed by atoms with Crippen molar-refractivity contribution in [3.8, 4) is 11.6 Å². The molecule has 0 radical (unpaired) electrons. The van der Waals surface area contributed by atoms with Crippen LogP contribution in [0.15, 0.2) is 39.9 Å². The standard InChI is InChI=1S/C9H6N4O2/c14-9-12-8(6-2-1-5-15-6)11-7-3-4-10-13(7)9/h1-5H,(H,11,12,14). The predicted molar refractivity (Wildman–Crippen MR) is 51.3 cm³/mol. The van der Waals surface area contributed by atoms with Crippen LogP contribution in [0.4, 0.5) is 0 Å². The first-order valence-electron chi connectivity index (χ1n) is 4.32. The van der Waals surface area contributed by atoms with E-state index in [1.807, 2.05) is 0 Å². The van der Waals surface area contributed by atoms with E-state index >= 15 is 0 Å². The molecule has 0 amide bonds. The number of fused-ring (bicyclic) bond motifs is 1. The quantitative estimate of drug-likeness (QED) is 0.629. The molecule has 0 atom stereocenters. The van der Waals surface area contributed by atoms with Gasteiger partial charge in [0.25, 0.3) is 0 Å². The zero-order valence-corrected chi connectivity index (χ0v) is 7.54. The van der Waals surface area contributed by atoms with Crippen LogP contribution in [0.5, 0.6) is 0 Å². The minimum absolute atomic E-state index is 0.337. The Bertz CT molecular complexity index is 650. The van der Waals surface area contributed by atoms with Crippen LogP contribution in [-0.4, -0.2) is 19.6 Å². The van der Waals surface area contributed by atoms with Gasteiger partial charge in [0.2, 0.25) is 0 Å². The van der Waals surface area contributed by atoms with Gasteiger partial charge in [-0.15, -0.1) is 0 Å². The maximum absolute atomic E-state index is 11.5. The van der Waals surface area contributed by atoms with Crippen molar-refractivity contribution in [3.63, 3.8) is 0 Å². The Kier molecular flexibility index (Phi) is 1.49. The van der Waals surface area contributed by atoms with Crippen LogP contribution in [0.25, 0.3) is 17.2 Å². The number of rotatable bonds is 1. The van der Waals surface area contributed by atoms with E-state index in [4.69, 9.17) is 4.42 Å². The first-order chi connectivity index (χ1) is 7.34. The molecule has 0 fully saturated rings. The van der Waals surface area contributed by atoms with Gasteiger partial charge in [0, 0.05) is 6.07 Å². The summed E-state index contributed by atoms with van der Waals surface area (Å²) < 4.78 is 6.32. The van der Waals surface area contributed by atoms with Crippen molar-refractivity contribution in [1.82, 2.24) is 19.6 Å². The highest BCUT2D eigenvalue weighted by molar-refractivity contribution is 5.50. The van der Waals surface area contributed by atoms with E-state index in [2.05, 4.69) is 15.1 Å². The van der Waals surface area contributed by atoms with Crippen molar-refractivity contribution in [2.24, 2.45) is 0 Å². The molecule has 74 valence electrons. The summed E-state index contributed by atoms with van der Waals surface area (Å²) in [6.07, 6.45) is 3.04. The maximum atomic E-state index is 11.5. The van der Waals surface area contributed by atoms with Gasteiger partial charge in [0.15, 0.2) is 17.2 Å². The van der Waals surface area contributed by atoms with Crippen LogP contribution >= 0.6 is 0 Å². The van der Waals surface area contributed by atoms with Crippen molar-refractivity contribution < 1.29 is 4.42 Å². The Morgan fingerprint density at radius 2 is 2.33 bits per heavy atom. The second-order valence-electron chi connectivity index (χ2n) is 2.97. The van der Waals surface area contributed by atoms with Crippen molar-refractivity contribution in [2.75, 3.05) is 0 Å². The van der Waals surface area contributed by atoms with Crippen molar-refractivity contribution >= 4 is 5.65 Å². The van der Waals surface area contributed by atoms with Crippen LogP contribution < -0.4 is 5.69 Å². The van der Waals surface area contributed by atoms with Crippen LogP contribution in [0.1, 0.15) is 0 Å². The van der Waals surface area contributed by atoms with Crippen molar-refractivity contribution in [1.29, 1.82) is 0 Å². The second kappa shape index (κ2) is 2.81. The van der Waals surface area contributed by atoms with Gasteiger partial charge in [-0.3, -0.25) is 4.98 Å². The van der Waals surface area contributed by atoms with Gasteiger partial charge in [-0.2, -0.15) is 9.61 Å². The topological polar surface area (TPSA) is 76.2 Å². The third-order valence-corrected chi connectivity index (χ3v) is 2.02. The highest BCUT2D eigenvalue weighted by Crippen LogP contribution is 2.13. The first kappa shape index (κ1) is 7.98. The van der Waals surface area contributed by atoms with Gasteiger partial charge in [-0.25, -0.2) is 9.78 Å². The Morgan fingerprint density at radius 3 is 3.13 bits per heavy atom. The molecule has 6 nitrogen and oxygen atoms in total. The average Bonchev–Trinajstić information content (AvgIpc) is 2.88. The van der Waals surface area contributed by atoms with Gasteiger partial charge in [0.1, 0.15) is 0 Å². The smallest absolute Gasteiger partial charge is 0.349 e. The molecule has 0 saturated heterocycles. The summed E-state index contributed by atoms with van der Waals surface area (Å²) in [4.78, 5) is 18.3. The summed E-state index contributed by atoms with van der Waals surface area (Å²) in [5.74, 6) is 0.925. The molecule has 0 aliphatic carbocycles. The SMILES string of the molecule is O=c1[nH]c(-c2ccco2)nc2ccnn12. The number of H-pyrrole nitrogens is 1. The second-order valence-corrected chi connectivity index (χ2v) is 2.97. The van der Waals surface area contributed by atoms with E-state index < -0.39 is 0 Å². The van der Waals surface area contributed by atoms with E-state index in [1.54, 1.807) is 18.2 Å². The zero-order chi connectivity index (χ0) is 10.3. The van der Waals surface area contributed by atoms with E-state index in [9.17, 15) is 4.79 Å². The minimum atomic E-state index is -0.337. The molecule has 0 aliphatic rings. The Labute approximate surface area is 83.2 Å². The molecular formula is C9H6N4O2. The number of nitrogens with one attached hydrogen (secondary N) is 1. The minimum Gasteiger partial charge on any atom is -0.461 e. The molecule has 3 aromatic heterocycles. The van der Waals surface area contributed by atoms with E-state index in [0.29, 0.717) is 17.2 Å². The summed E-state index contributed by atoms with van der Waals surface area (Å²) in [6.45, 7) is 0. The van der Waals surface area contributed by atoms with Crippen molar-refractivity contribution in [2.45, 2.75) is 0 Å². The normalized spacial score (nSPS) is 10.9. The van der Waals surface area contributed by atoms with Gasteiger partial charge in [0.05, 0.1) is 12.5 Å². The molecule has 3 rings (SSSR count). The molecule has 0 bridgehead atoms. The summed E-state index contributed by atoms with van der Waals surface area (Å²) >= 11 is 0. The first-order valence-corrected chi connectivity index (χ1v) is 4.32. The van der Waals surface area contributed by atoms with E-state index in [-0.39, 0.29) is 5.69 Å². The van der Waals surface area contributed by atoms with Gasteiger partial charge >= 0.3 is 5.69 Å². The molecule has 0 aliphatic heterocycles. The summed E-state index contributed by atoms with van der Waals surface area (Å²) in [5.41, 5.74) is 0.154. The molecule has 0 unspecified atom stereocenters. The molecule has 3 heterocycles. The lowest BCUT2D eigenvalue weighted by Crippen LogP contribution is -2.19. The van der Waals surface area contributed by atoms with Crippen molar-refractivity contribution in [3.05, 3.63) is 41.1 Å². The van der Waals surface area contributed by atoms with E-state index in [1.165, 1.54) is 17.0 Å². The third-order valence-electron chi connectivity index (χ3n) is 2.02. The van der Waals surface area contributed by atoms with E-state index in [0.717, 1.165) is 0 Å². The lowest BCUT2D eigenvalue weighted by molar-refractivity contribution is 0.576. The summed E-state index contributed by atoms with van der Waals surface area (Å²) in [6, 6.07) is 5.11. The fraction of sp³-hybridized carbons (Fsp3) is 0. The molecule has 6 heteroatoms. The monoisotopic (exact) mass is 202 g/mol. The predicted octanol–water partition coefficient (Wildman–Crippen LogP) is 0.678. The van der Waals surface area contributed by atoms with Crippen LogP contribution in [0.3, 0.4) is 0 Å². The maximum Gasteiger partial charge on any atom is 0.349 e.